The van der Waals surface area contributed by atoms with Crippen LogP contribution in [-0.2, 0) is 6.42 Å². The minimum atomic E-state index is 0.229. The number of hydrogen-bond acceptors (Lipinski definition) is 4. The van der Waals surface area contributed by atoms with Crippen molar-refractivity contribution < 1.29 is 14.2 Å². The van der Waals surface area contributed by atoms with Crippen molar-refractivity contribution in [2.75, 3.05) is 13.9 Å². The van der Waals surface area contributed by atoms with Crippen molar-refractivity contribution >= 4 is 5.71 Å². The highest BCUT2D eigenvalue weighted by Gasteiger charge is 2.31. The third kappa shape index (κ3) is 1.95. The molecule has 0 bridgehead atoms. The molecule has 2 aliphatic heterocycles. The van der Waals surface area contributed by atoms with Gasteiger partial charge in [-0.1, -0.05) is 30.3 Å². The Bertz CT molecular complexity index is 753. The molecule has 1 atom stereocenters. The summed E-state index contributed by atoms with van der Waals surface area (Å²) in [5, 5.41) is 0. The van der Waals surface area contributed by atoms with Gasteiger partial charge in [0, 0.05) is 11.1 Å². The van der Waals surface area contributed by atoms with Crippen molar-refractivity contribution in [2.45, 2.75) is 19.4 Å². The van der Waals surface area contributed by atoms with Crippen LogP contribution >= 0.6 is 0 Å². The molecular formula is C18H17NO3. The van der Waals surface area contributed by atoms with Crippen LogP contribution in [0.2, 0.25) is 0 Å². The van der Waals surface area contributed by atoms with Crippen LogP contribution in [0, 0.1) is 0 Å². The smallest absolute Gasteiger partial charge is 0.231 e. The van der Waals surface area contributed by atoms with Crippen molar-refractivity contribution in [3.8, 4) is 17.2 Å². The Morgan fingerprint density at radius 1 is 1.18 bits per heavy atom. The van der Waals surface area contributed by atoms with Crippen molar-refractivity contribution in [3.05, 3.63) is 53.1 Å². The fourth-order valence-corrected chi connectivity index (χ4v) is 3.14. The fourth-order valence-electron chi connectivity index (χ4n) is 3.14. The van der Waals surface area contributed by atoms with Crippen LogP contribution in [-0.4, -0.2) is 25.7 Å². The summed E-state index contributed by atoms with van der Waals surface area (Å²) in [6, 6.07) is 12.5. The molecule has 4 heteroatoms. The minimum Gasteiger partial charge on any atom is -0.492 e. The van der Waals surface area contributed by atoms with Gasteiger partial charge in [0.15, 0.2) is 11.5 Å². The summed E-state index contributed by atoms with van der Waals surface area (Å²) in [6.45, 7) is 2.37. The first-order valence-corrected chi connectivity index (χ1v) is 7.41. The Kier molecular flexibility index (Phi) is 3.03. The van der Waals surface area contributed by atoms with Gasteiger partial charge in [0.2, 0.25) is 12.5 Å². The van der Waals surface area contributed by atoms with Gasteiger partial charge in [0.1, 0.15) is 0 Å². The van der Waals surface area contributed by atoms with E-state index in [4.69, 9.17) is 19.2 Å². The molecule has 2 aromatic carbocycles. The van der Waals surface area contributed by atoms with E-state index >= 15 is 0 Å². The first kappa shape index (κ1) is 13.2. The summed E-state index contributed by atoms with van der Waals surface area (Å²) in [5.74, 6) is 2.16. The number of fused-ring (bicyclic) bond motifs is 2. The van der Waals surface area contributed by atoms with E-state index in [1.165, 1.54) is 5.56 Å². The van der Waals surface area contributed by atoms with Crippen molar-refractivity contribution in [1.82, 2.24) is 0 Å². The van der Waals surface area contributed by atoms with E-state index in [-0.39, 0.29) is 12.8 Å². The van der Waals surface area contributed by atoms with Crippen LogP contribution < -0.4 is 14.2 Å². The summed E-state index contributed by atoms with van der Waals surface area (Å²) in [5.41, 5.74) is 4.27. The van der Waals surface area contributed by atoms with E-state index in [2.05, 4.69) is 25.1 Å². The zero-order valence-electron chi connectivity index (χ0n) is 12.6. The molecule has 2 aromatic rings. The minimum absolute atomic E-state index is 0.229. The maximum absolute atomic E-state index is 5.66. The predicted octanol–water partition coefficient (Wildman–Crippen LogP) is 3.21. The van der Waals surface area contributed by atoms with E-state index in [0.29, 0.717) is 5.75 Å². The average molecular weight is 295 g/mol. The van der Waals surface area contributed by atoms with E-state index in [1.807, 2.05) is 18.2 Å². The molecule has 22 heavy (non-hydrogen) atoms. The molecule has 0 amide bonds. The Labute approximate surface area is 129 Å². The number of hydrogen-bond donors (Lipinski definition) is 0. The third-order valence-electron chi connectivity index (χ3n) is 4.05. The van der Waals surface area contributed by atoms with Gasteiger partial charge in [0.25, 0.3) is 0 Å². The van der Waals surface area contributed by atoms with E-state index < -0.39 is 0 Å². The first-order chi connectivity index (χ1) is 10.8. The van der Waals surface area contributed by atoms with Gasteiger partial charge in [-0.25, -0.2) is 0 Å². The first-order valence-electron chi connectivity index (χ1n) is 7.41. The van der Waals surface area contributed by atoms with Crippen LogP contribution in [0.25, 0.3) is 0 Å². The summed E-state index contributed by atoms with van der Waals surface area (Å²) < 4.78 is 16.8. The van der Waals surface area contributed by atoms with Gasteiger partial charge in [0.05, 0.1) is 18.9 Å². The van der Waals surface area contributed by atoms with Gasteiger partial charge in [-0.2, -0.15) is 0 Å². The Morgan fingerprint density at radius 3 is 2.77 bits per heavy atom. The lowest BCUT2D eigenvalue weighted by Gasteiger charge is -2.24. The van der Waals surface area contributed by atoms with Crippen LogP contribution in [0.3, 0.4) is 0 Å². The summed E-state index contributed by atoms with van der Waals surface area (Å²) in [6.07, 6.45) is 0.874. The quantitative estimate of drug-likeness (QED) is 0.854. The molecule has 0 aromatic heterocycles. The molecule has 112 valence electrons. The molecule has 0 N–H and O–H groups in total. The summed E-state index contributed by atoms with van der Waals surface area (Å²) >= 11 is 0. The van der Waals surface area contributed by atoms with Gasteiger partial charge >= 0.3 is 0 Å². The molecule has 0 spiro atoms. The van der Waals surface area contributed by atoms with Gasteiger partial charge < -0.3 is 14.2 Å². The fraction of sp³-hybridized carbons (Fsp3) is 0.278. The van der Waals surface area contributed by atoms with Crippen LogP contribution in [0.15, 0.2) is 41.4 Å². The second-order valence-corrected chi connectivity index (χ2v) is 5.57. The molecule has 4 rings (SSSR count). The van der Waals surface area contributed by atoms with Crippen molar-refractivity contribution in [1.29, 1.82) is 0 Å². The molecule has 2 aliphatic rings. The zero-order valence-corrected chi connectivity index (χ0v) is 12.6. The molecule has 0 saturated heterocycles. The van der Waals surface area contributed by atoms with E-state index in [0.717, 1.165) is 34.8 Å². The maximum Gasteiger partial charge on any atom is 0.231 e. The number of rotatable bonds is 2. The third-order valence-corrected chi connectivity index (χ3v) is 4.05. The van der Waals surface area contributed by atoms with Crippen molar-refractivity contribution in [3.63, 3.8) is 0 Å². The Balaban J connectivity index is 1.97. The largest absolute Gasteiger partial charge is 0.492 e. The Morgan fingerprint density at radius 2 is 2.00 bits per heavy atom. The summed E-state index contributed by atoms with van der Waals surface area (Å²) in [4.78, 5) is 4.87. The van der Waals surface area contributed by atoms with E-state index in [9.17, 15) is 0 Å². The average Bonchev–Trinajstić information content (AvgIpc) is 3.00. The molecule has 2 heterocycles. The second kappa shape index (κ2) is 5.05. The summed E-state index contributed by atoms with van der Waals surface area (Å²) in [7, 11) is 1.66. The lowest BCUT2D eigenvalue weighted by molar-refractivity contribution is 0.171. The highest BCUT2D eigenvalue weighted by atomic mass is 16.7. The highest BCUT2D eigenvalue weighted by Crippen LogP contribution is 2.47. The van der Waals surface area contributed by atoms with Crippen LogP contribution in [0.1, 0.15) is 23.6 Å². The molecule has 0 aliphatic carbocycles. The molecule has 0 saturated carbocycles. The van der Waals surface area contributed by atoms with Crippen molar-refractivity contribution in [2.24, 2.45) is 4.99 Å². The topological polar surface area (TPSA) is 40.0 Å². The second-order valence-electron chi connectivity index (χ2n) is 5.57. The lowest BCUT2D eigenvalue weighted by atomic mass is 9.89. The zero-order chi connectivity index (χ0) is 15.1. The predicted molar refractivity (Wildman–Crippen MR) is 84.4 cm³/mol. The normalized spacial score (nSPS) is 18.6. The number of methoxy groups -OCH3 is 1. The van der Waals surface area contributed by atoms with Gasteiger partial charge in [-0.3, -0.25) is 4.99 Å². The molecule has 0 fully saturated rings. The van der Waals surface area contributed by atoms with Gasteiger partial charge in [-0.05, 0) is 25.0 Å². The SMILES string of the molecule is COc1c2c(cc3c1C(c1ccccc1)=N[C@H](C)C3)OCO2. The highest BCUT2D eigenvalue weighted by molar-refractivity contribution is 6.16. The van der Waals surface area contributed by atoms with Crippen LogP contribution in [0.5, 0.6) is 17.2 Å². The standard InChI is InChI=1S/C18H17NO3/c1-11-8-13-9-14-17(22-10-21-14)18(20-2)15(13)16(19-11)12-6-4-3-5-7-12/h3-7,9,11H,8,10H2,1-2H3/t11-/m1/s1. The number of aliphatic imine (C=N–C) groups is 1. The van der Waals surface area contributed by atoms with Gasteiger partial charge in [-0.15, -0.1) is 0 Å². The Hall–Kier alpha value is -2.49. The molecule has 0 radical (unpaired) electrons. The number of benzene rings is 2. The van der Waals surface area contributed by atoms with E-state index in [1.54, 1.807) is 7.11 Å². The number of ether oxygens (including phenoxy) is 3. The number of nitrogens with zero attached hydrogens (tertiary/aromatic N) is 1. The van der Waals surface area contributed by atoms with Crippen LogP contribution in [0.4, 0.5) is 0 Å². The monoisotopic (exact) mass is 295 g/mol. The maximum atomic E-state index is 5.66. The molecular weight excluding hydrogens is 278 g/mol. The lowest BCUT2D eigenvalue weighted by Crippen LogP contribution is -2.20. The molecule has 4 nitrogen and oxygen atoms in total. The molecule has 0 unspecified atom stereocenters.